The summed E-state index contributed by atoms with van der Waals surface area (Å²) in [6.45, 7) is 2.10. The molecule has 0 saturated carbocycles. The topological polar surface area (TPSA) is 30.5 Å². The third-order valence-corrected chi connectivity index (χ3v) is 3.92. The molecule has 2 aromatic rings. The minimum absolute atomic E-state index is 0.519. The summed E-state index contributed by atoms with van der Waals surface area (Å²) in [4.78, 5) is 0. The fourth-order valence-electron chi connectivity index (χ4n) is 2.93. The van der Waals surface area contributed by atoms with Gasteiger partial charge in [0, 0.05) is 18.0 Å². The molecule has 1 heterocycles. The Bertz CT molecular complexity index is 583. The first-order valence-electron chi connectivity index (χ1n) is 6.69. The summed E-state index contributed by atoms with van der Waals surface area (Å²) in [5.74, 6) is 2.40. The molecule has 0 aliphatic carbocycles. The summed E-state index contributed by atoms with van der Waals surface area (Å²) in [5, 5.41) is 5.91. The Balaban J connectivity index is 2.23. The van der Waals surface area contributed by atoms with Crippen LogP contribution in [0, 0.1) is 0 Å². The zero-order chi connectivity index (χ0) is 13.2. The van der Waals surface area contributed by atoms with Gasteiger partial charge in [-0.2, -0.15) is 0 Å². The number of hydrogen-bond donors (Lipinski definition) is 1. The van der Waals surface area contributed by atoms with Crippen molar-refractivity contribution in [2.24, 2.45) is 0 Å². The summed E-state index contributed by atoms with van der Waals surface area (Å²) in [5.41, 5.74) is 1.31. The predicted octanol–water partition coefficient (Wildman–Crippen LogP) is 2.93. The van der Waals surface area contributed by atoms with Crippen LogP contribution in [0.5, 0.6) is 11.5 Å². The van der Waals surface area contributed by atoms with Crippen molar-refractivity contribution in [3.8, 4) is 11.5 Å². The quantitative estimate of drug-likeness (QED) is 0.917. The van der Waals surface area contributed by atoms with E-state index in [4.69, 9.17) is 9.47 Å². The van der Waals surface area contributed by atoms with Crippen LogP contribution in [0.15, 0.2) is 30.3 Å². The van der Waals surface area contributed by atoms with Crippen molar-refractivity contribution in [3.05, 3.63) is 35.9 Å². The highest BCUT2D eigenvalue weighted by Crippen LogP contribution is 2.38. The molecule has 1 atom stereocenters. The van der Waals surface area contributed by atoms with Gasteiger partial charge in [-0.05, 0) is 41.9 Å². The van der Waals surface area contributed by atoms with Crippen LogP contribution in [-0.2, 0) is 0 Å². The van der Waals surface area contributed by atoms with Gasteiger partial charge in [0.25, 0.3) is 0 Å². The van der Waals surface area contributed by atoms with Gasteiger partial charge in [0.05, 0.1) is 14.2 Å². The van der Waals surface area contributed by atoms with Gasteiger partial charge in [-0.1, -0.05) is 12.1 Å². The molecule has 1 aliphatic rings. The summed E-state index contributed by atoms with van der Waals surface area (Å²) >= 11 is 0. The summed E-state index contributed by atoms with van der Waals surface area (Å²) in [6.07, 6.45) is 1.16. The Kier molecular flexibility index (Phi) is 3.30. The minimum atomic E-state index is 0.519. The standard InChI is InChI=1S/C16H19NO2/c1-18-13-5-3-11-4-6-15(19-2)16(14(11)9-13)12-7-8-17-10-12/h3-6,9,12,17H,7-8,10H2,1-2H3. The lowest BCUT2D eigenvalue weighted by atomic mass is 9.91. The van der Waals surface area contributed by atoms with Crippen molar-refractivity contribution >= 4 is 10.8 Å². The lowest BCUT2D eigenvalue weighted by Gasteiger charge is -2.17. The zero-order valence-corrected chi connectivity index (χ0v) is 11.4. The maximum atomic E-state index is 5.57. The molecular weight excluding hydrogens is 238 g/mol. The minimum Gasteiger partial charge on any atom is -0.497 e. The molecule has 0 spiro atoms. The Labute approximate surface area is 113 Å². The van der Waals surface area contributed by atoms with Crippen LogP contribution in [0.3, 0.4) is 0 Å². The Hall–Kier alpha value is -1.74. The molecule has 1 unspecified atom stereocenters. The normalized spacial score (nSPS) is 18.7. The zero-order valence-electron chi connectivity index (χ0n) is 11.4. The number of benzene rings is 2. The van der Waals surface area contributed by atoms with Crippen LogP contribution in [0.2, 0.25) is 0 Å². The largest absolute Gasteiger partial charge is 0.497 e. The number of methoxy groups -OCH3 is 2. The van der Waals surface area contributed by atoms with Gasteiger partial charge < -0.3 is 14.8 Å². The SMILES string of the molecule is COc1ccc2ccc(OC)c(C3CCNC3)c2c1. The van der Waals surface area contributed by atoms with Crippen LogP contribution in [0.1, 0.15) is 17.9 Å². The first kappa shape index (κ1) is 12.3. The molecule has 0 aromatic heterocycles. The molecule has 0 amide bonds. The molecule has 19 heavy (non-hydrogen) atoms. The number of ether oxygens (including phenoxy) is 2. The van der Waals surface area contributed by atoms with E-state index in [0.717, 1.165) is 31.0 Å². The first-order valence-corrected chi connectivity index (χ1v) is 6.69. The van der Waals surface area contributed by atoms with Gasteiger partial charge in [-0.25, -0.2) is 0 Å². The summed E-state index contributed by atoms with van der Waals surface area (Å²) in [6, 6.07) is 10.4. The second kappa shape index (κ2) is 5.10. The predicted molar refractivity (Wildman–Crippen MR) is 77.3 cm³/mol. The lowest BCUT2D eigenvalue weighted by molar-refractivity contribution is 0.407. The van der Waals surface area contributed by atoms with Gasteiger partial charge in [0.1, 0.15) is 11.5 Å². The molecule has 1 aliphatic heterocycles. The van der Waals surface area contributed by atoms with Crippen molar-refractivity contribution in [2.75, 3.05) is 27.3 Å². The maximum absolute atomic E-state index is 5.57. The lowest BCUT2D eigenvalue weighted by Crippen LogP contribution is -2.09. The molecule has 0 bridgehead atoms. The van der Waals surface area contributed by atoms with E-state index in [1.807, 2.05) is 6.07 Å². The van der Waals surface area contributed by atoms with Crippen molar-refractivity contribution < 1.29 is 9.47 Å². The highest BCUT2D eigenvalue weighted by molar-refractivity contribution is 5.89. The maximum Gasteiger partial charge on any atom is 0.123 e. The average Bonchev–Trinajstić information content (AvgIpc) is 2.99. The van der Waals surface area contributed by atoms with Crippen LogP contribution in [-0.4, -0.2) is 27.3 Å². The smallest absolute Gasteiger partial charge is 0.123 e. The second-order valence-electron chi connectivity index (χ2n) is 4.96. The van der Waals surface area contributed by atoms with Crippen LogP contribution >= 0.6 is 0 Å². The molecule has 100 valence electrons. The molecule has 1 N–H and O–H groups in total. The monoisotopic (exact) mass is 257 g/mol. The molecule has 2 aromatic carbocycles. The van der Waals surface area contributed by atoms with Gasteiger partial charge in [0.15, 0.2) is 0 Å². The fourth-order valence-corrected chi connectivity index (χ4v) is 2.93. The third kappa shape index (κ3) is 2.15. The highest BCUT2D eigenvalue weighted by atomic mass is 16.5. The summed E-state index contributed by atoms with van der Waals surface area (Å²) < 4.78 is 10.9. The van der Waals surface area contributed by atoms with Crippen molar-refractivity contribution in [3.63, 3.8) is 0 Å². The third-order valence-electron chi connectivity index (χ3n) is 3.92. The van der Waals surface area contributed by atoms with E-state index in [1.54, 1.807) is 14.2 Å². The van der Waals surface area contributed by atoms with Crippen molar-refractivity contribution in [2.45, 2.75) is 12.3 Å². The van der Waals surface area contributed by atoms with Crippen molar-refractivity contribution in [1.82, 2.24) is 5.32 Å². The van der Waals surface area contributed by atoms with E-state index in [1.165, 1.54) is 16.3 Å². The van der Waals surface area contributed by atoms with Gasteiger partial charge in [0.2, 0.25) is 0 Å². The average molecular weight is 257 g/mol. The van der Waals surface area contributed by atoms with Crippen LogP contribution in [0.25, 0.3) is 10.8 Å². The number of fused-ring (bicyclic) bond motifs is 1. The molecule has 1 fully saturated rings. The Morgan fingerprint density at radius 1 is 1.11 bits per heavy atom. The van der Waals surface area contributed by atoms with E-state index in [9.17, 15) is 0 Å². The second-order valence-corrected chi connectivity index (χ2v) is 4.96. The molecule has 3 nitrogen and oxygen atoms in total. The van der Waals surface area contributed by atoms with Crippen molar-refractivity contribution in [1.29, 1.82) is 0 Å². The molecule has 0 radical (unpaired) electrons. The summed E-state index contributed by atoms with van der Waals surface area (Å²) in [7, 11) is 3.45. The molecular formula is C16H19NO2. The van der Waals surface area contributed by atoms with E-state index < -0.39 is 0 Å². The van der Waals surface area contributed by atoms with E-state index in [2.05, 4.69) is 29.6 Å². The first-order chi connectivity index (χ1) is 9.33. The molecule has 1 saturated heterocycles. The highest BCUT2D eigenvalue weighted by Gasteiger charge is 2.22. The van der Waals surface area contributed by atoms with Gasteiger partial charge in [-0.15, -0.1) is 0 Å². The van der Waals surface area contributed by atoms with E-state index in [-0.39, 0.29) is 0 Å². The fraction of sp³-hybridized carbons (Fsp3) is 0.375. The van der Waals surface area contributed by atoms with Gasteiger partial charge in [-0.3, -0.25) is 0 Å². The molecule has 3 rings (SSSR count). The van der Waals surface area contributed by atoms with Gasteiger partial charge >= 0.3 is 0 Å². The van der Waals surface area contributed by atoms with E-state index in [0.29, 0.717) is 5.92 Å². The van der Waals surface area contributed by atoms with E-state index >= 15 is 0 Å². The van der Waals surface area contributed by atoms with Crippen LogP contribution in [0.4, 0.5) is 0 Å². The number of nitrogens with one attached hydrogen (secondary N) is 1. The Morgan fingerprint density at radius 3 is 2.63 bits per heavy atom. The Morgan fingerprint density at radius 2 is 1.95 bits per heavy atom. The van der Waals surface area contributed by atoms with Crippen LogP contribution < -0.4 is 14.8 Å². The number of hydrogen-bond acceptors (Lipinski definition) is 3. The number of rotatable bonds is 3. The molecule has 3 heteroatoms.